The molecule has 2 rings (SSSR count). The average molecular weight is 301 g/mol. The van der Waals surface area contributed by atoms with E-state index in [2.05, 4.69) is 34.7 Å². The molecule has 0 amide bonds. The predicted molar refractivity (Wildman–Crippen MR) is 72.8 cm³/mol. The van der Waals surface area contributed by atoms with Crippen molar-refractivity contribution in [1.29, 1.82) is 0 Å². The lowest BCUT2D eigenvalue weighted by Gasteiger charge is -2.41. The summed E-state index contributed by atoms with van der Waals surface area (Å²) in [6, 6.07) is 2.13. The lowest BCUT2D eigenvalue weighted by Crippen LogP contribution is -2.44. The standard InChI is InChI=1S/C13H21BrN2O/c1-13(2)5-3-6-16(9-13)11(8-15)12-10(14)4-7-17-12/h4,7,11H,3,5-6,8-9,15H2,1-2H3. The van der Waals surface area contributed by atoms with Crippen LogP contribution in [0.5, 0.6) is 0 Å². The molecule has 1 fully saturated rings. The third-order valence-electron chi connectivity index (χ3n) is 3.54. The molecule has 2 N–H and O–H groups in total. The Kier molecular flexibility index (Phi) is 3.95. The van der Waals surface area contributed by atoms with E-state index >= 15 is 0 Å². The molecule has 1 aromatic heterocycles. The van der Waals surface area contributed by atoms with Crippen molar-refractivity contribution in [3.8, 4) is 0 Å². The van der Waals surface area contributed by atoms with Crippen LogP contribution in [0.1, 0.15) is 38.5 Å². The van der Waals surface area contributed by atoms with E-state index in [1.165, 1.54) is 12.8 Å². The van der Waals surface area contributed by atoms with Gasteiger partial charge in [-0.1, -0.05) is 13.8 Å². The Balaban J connectivity index is 2.16. The molecule has 0 bridgehead atoms. The van der Waals surface area contributed by atoms with Gasteiger partial charge >= 0.3 is 0 Å². The minimum Gasteiger partial charge on any atom is -0.466 e. The van der Waals surface area contributed by atoms with Crippen molar-refractivity contribution in [2.45, 2.75) is 32.7 Å². The topological polar surface area (TPSA) is 42.4 Å². The molecule has 0 spiro atoms. The van der Waals surface area contributed by atoms with E-state index < -0.39 is 0 Å². The van der Waals surface area contributed by atoms with Gasteiger partial charge in [0.2, 0.25) is 0 Å². The number of halogens is 1. The number of hydrogen-bond donors (Lipinski definition) is 1. The van der Waals surface area contributed by atoms with Gasteiger partial charge in [-0.3, -0.25) is 4.90 Å². The largest absolute Gasteiger partial charge is 0.466 e. The first-order chi connectivity index (χ1) is 8.03. The molecule has 0 radical (unpaired) electrons. The lowest BCUT2D eigenvalue weighted by atomic mass is 9.83. The Hall–Kier alpha value is -0.320. The van der Waals surface area contributed by atoms with E-state index in [1.807, 2.05) is 6.07 Å². The predicted octanol–water partition coefficient (Wildman–Crippen LogP) is 3.16. The monoisotopic (exact) mass is 300 g/mol. The zero-order valence-corrected chi connectivity index (χ0v) is 12.2. The molecular weight excluding hydrogens is 280 g/mol. The zero-order valence-electron chi connectivity index (χ0n) is 10.6. The highest BCUT2D eigenvalue weighted by molar-refractivity contribution is 9.10. The van der Waals surface area contributed by atoms with Crippen LogP contribution in [0.25, 0.3) is 0 Å². The smallest absolute Gasteiger partial charge is 0.136 e. The number of nitrogens with zero attached hydrogens (tertiary/aromatic N) is 1. The Morgan fingerprint density at radius 1 is 1.59 bits per heavy atom. The number of nitrogens with two attached hydrogens (primary N) is 1. The van der Waals surface area contributed by atoms with Crippen LogP contribution in [0.15, 0.2) is 21.2 Å². The first-order valence-electron chi connectivity index (χ1n) is 6.20. The molecule has 0 aromatic carbocycles. The summed E-state index contributed by atoms with van der Waals surface area (Å²) >= 11 is 3.53. The average Bonchev–Trinajstić information content (AvgIpc) is 2.65. The maximum absolute atomic E-state index is 5.93. The van der Waals surface area contributed by atoms with Gasteiger partial charge < -0.3 is 10.2 Å². The molecule has 3 nitrogen and oxygen atoms in total. The van der Waals surface area contributed by atoms with Gasteiger partial charge in [0.15, 0.2) is 0 Å². The number of hydrogen-bond acceptors (Lipinski definition) is 3. The van der Waals surface area contributed by atoms with E-state index in [-0.39, 0.29) is 6.04 Å². The van der Waals surface area contributed by atoms with Crippen LogP contribution in [0.2, 0.25) is 0 Å². The molecule has 17 heavy (non-hydrogen) atoms. The molecule has 1 unspecified atom stereocenters. The van der Waals surface area contributed by atoms with Crippen LogP contribution in [0.3, 0.4) is 0 Å². The molecule has 4 heteroatoms. The van der Waals surface area contributed by atoms with Crippen molar-refractivity contribution < 1.29 is 4.42 Å². The van der Waals surface area contributed by atoms with Gasteiger partial charge in [0, 0.05) is 13.1 Å². The first kappa shape index (κ1) is 13.1. The zero-order chi connectivity index (χ0) is 12.5. The number of rotatable bonds is 3. The van der Waals surface area contributed by atoms with Gasteiger partial charge in [-0.2, -0.15) is 0 Å². The second-order valence-electron chi connectivity index (χ2n) is 5.62. The highest BCUT2D eigenvalue weighted by Gasteiger charge is 2.32. The quantitative estimate of drug-likeness (QED) is 0.932. The van der Waals surface area contributed by atoms with E-state index in [1.54, 1.807) is 6.26 Å². The first-order valence-corrected chi connectivity index (χ1v) is 7.00. The number of piperidine rings is 1. The summed E-state index contributed by atoms with van der Waals surface area (Å²) in [5.74, 6) is 0.963. The minimum absolute atomic E-state index is 0.193. The fraction of sp³-hybridized carbons (Fsp3) is 0.692. The summed E-state index contributed by atoms with van der Waals surface area (Å²) in [7, 11) is 0. The highest BCUT2D eigenvalue weighted by atomic mass is 79.9. The summed E-state index contributed by atoms with van der Waals surface area (Å²) in [5.41, 5.74) is 6.31. The van der Waals surface area contributed by atoms with Crippen molar-refractivity contribution >= 4 is 15.9 Å². The molecule has 1 aromatic rings. The minimum atomic E-state index is 0.193. The van der Waals surface area contributed by atoms with Crippen LogP contribution in [-0.2, 0) is 0 Å². The maximum atomic E-state index is 5.93. The third-order valence-corrected chi connectivity index (χ3v) is 4.20. The van der Waals surface area contributed by atoms with Gasteiger partial charge in [0.1, 0.15) is 5.76 Å². The Labute approximate surface area is 111 Å². The molecule has 1 saturated heterocycles. The molecular formula is C13H21BrN2O. The molecule has 1 aliphatic heterocycles. The normalized spacial score (nSPS) is 22.6. The van der Waals surface area contributed by atoms with Crippen molar-refractivity contribution in [2.75, 3.05) is 19.6 Å². The second kappa shape index (κ2) is 5.12. The molecule has 0 aliphatic carbocycles. The molecule has 0 saturated carbocycles. The Bertz CT molecular complexity index is 375. The second-order valence-corrected chi connectivity index (χ2v) is 6.48. The van der Waals surface area contributed by atoms with E-state index in [4.69, 9.17) is 10.2 Å². The van der Waals surface area contributed by atoms with Crippen molar-refractivity contribution in [3.63, 3.8) is 0 Å². The third kappa shape index (κ3) is 2.92. The fourth-order valence-electron chi connectivity index (χ4n) is 2.70. The summed E-state index contributed by atoms with van der Waals surface area (Å²) in [6.07, 6.45) is 4.25. The van der Waals surface area contributed by atoms with Crippen molar-refractivity contribution in [1.82, 2.24) is 4.90 Å². The summed E-state index contributed by atoms with van der Waals surface area (Å²) in [5, 5.41) is 0. The van der Waals surface area contributed by atoms with Crippen LogP contribution in [-0.4, -0.2) is 24.5 Å². The lowest BCUT2D eigenvalue weighted by molar-refractivity contribution is 0.0714. The van der Waals surface area contributed by atoms with Crippen molar-refractivity contribution in [2.24, 2.45) is 11.1 Å². The Morgan fingerprint density at radius 3 is 2.88 bits per heavy atom. The van der Waals surface area contributed by atoms with Crippen molar-refractivity contribution in [3.05, 3.63) is 22.6 Å². The van der Waals surface area contributed by atoms with Crippen LogP contribution in [0, 0.1) is 5.41 Å². The number of likely N-dealkylation sites (tertiary alicyclic amines) is 1. The van der Waals surface area contributed by atoms with E-state index in [0.717, 1.165) is 23.3 Å². The van der Waals surface area contributed by atoms with Gasteiger partial charge in [0.05, 0.1) is 16.8 Å². The summed E-state index contributed by atoms with van der Waals surface area (Å²) in [4.78, 5) is 2.45. The maximum Gasteiger partial charge on any atom is 0.136 e. The molecule has 1 aliphatic rings. The van der Waals surface area contributed by atoms with E-state index in [9.17, 15) is 0 Å². The van der Waals surface area contributed by atoms with E-state index in [0.29, 0.717) is 12.0 Å². The summed E-state index contributed by atoms with van der Waals surface area (Å²) < 4.78 is 6.59. The summed E-state index contributed by atoms with van der Waals surface area (Å²) in [6.45, 7) is 7.44. The molecule has 2 heterocycles. The van der Waals surface area contributed by atoms with Crippen LogP contribution < -0.4 is 5.73 Å². The van der Waals surface area contributed by atoms with Gasteiger partial charge in [-0.15, -0.1) is 0 Å². The SMILES string of the molecule is CC1(C)CCCN(C(CN)c2occc2Br)C1. The Morgan fingerprint density at radius 2 is 2.35 bits per heavy atom. The van der Waals surface area contributed by atoms with Gasteiger partial charge in [-0.25, -0.2) is 0 Å². The van der Waals surface area contributed by atoms with Gasteiger partial charge in [0.25, 0.3) is 0 Å². The molecule has 96 valence electrons. The highest BCUT2D eigenvalue weighted by Crippen LogP contribution is 2.35. The fourth-order valence-corrected chi connectivity index (χ4v) is 3.17. The van der Waals surface area contributed by atoms with Gasteiger partial charge in [-0.05, 0) is 46.8 Å². The van der Waals surface area contributed by atoms with Crippen LogP contribution in [0.4, 0.5) is 0 Å². The number of furan rings is 1. The molecule has 1 atom stereocenters. The van der Waals surface area contributed by atoms with Crippen LogP contribution >= 0.6 is 15.9 Å².